The number of nitrogens with zero attached hydrogens (tertiary/aromatic N) is 1. The molecule has 3 N–H and O–H groups in total. The first-order valence-electron chi connectivity index (χ1n) is 7.43. The molecule has 3 rings (SSSR count). The van der Waals surface area contributed by atoms with Crippen LogP contribution in [-0.4, -0.2) is 10.9 Å². The minimum Gasteiger partial charge on any atom is -0.446 e. The fourth-order valence-corrected chi connectivity index (χ4v) is 2.25. The molecule has 0 fully saturated rings. The monoisotopic (exact) mass is 325 g/mol. The quantitative estimate of drug-likeness (QED) is 0.754. The van der Waals surface area contributed by atoms with E-state index in [-0.39, 0.29) is 11.5 Å². The van der Waals surface area contributed by atoms with Crippen molar-refractivity contribution >= 4 is 11.6 Å². The van der Waals surface area contributed by atoms with Crippen molar-refractivity contribution in [3.63, 3.8) is 0 Å². The predicted molar refractivity (Wildman–Crippen MR) is 87.9 cm³/mol. The number of carbonyl (C=O) groups excluding carboxylic acids is 1. The summed E-state index contributed by atoms with van der Waals surface area (Å²) >= 11 is 0. The average molecular weight is 325 g/mol. The average Bonchev–Trinajstić information content (AvgIpc) is 3.08. The normalized spacial score (nSPS) is 11.9. The predicted octanol–water partition coefficient (Wildman–Crippen LogP) is 3.31. The Morgan fingerprint density at radius 3 is 2.58 bits per heavy atom. The molecule has 0 saturated carbocycles. The van der Waals surface area contributed by atoms with Gasteiger partial charge in [-0.1, -0.05) is 30.3 Å². The molecule has 0 spiro atoms. The zero-order valence-electron chi connectivity index (χ0n) is 12.8. The highest BCUT2D eigenvalue weighted by Crippen LogP contribution is 2.17. The zero-order chi connectivity index (χ0) is 16.9. The Labute approximate surface area is 138 Å². The molecule has 0 aliphatic carbocycles. The zero-order valence-corrected chi connectivity index (χ0v) is 12.8. The number of aromatic nitrogens is 1. The van der Waals surface area contributed by atoms with E-state index in [1.54, 1.807) is 0 Å². The lowest BCUT2D eigenvalue weighted by Crippen LogP contribution is -2.16. The molecule has 1 aromatic heterocycles. The third kappa shape index (κ3) is 3.85. The van der Waals surface area contributed by atoms with Gasteiger partial charge in [0.2, 0.25) is 5.89 Å². The molecule has 1 amide bonds. The van der Waals surface area contributed by atoms with Crippen LogP contribution in [0, 0.1) is 5.82 Å². The SMILES string of the molecule is NC(Cc1ccccc1)c1nc(C(=O)Nc2ccc(F)cc2)co1. The van der Waals surface area contributed by atoms with Crippen molar-refractivity contribution < 1.29 is 13.6 Å². The van der Waals surface area contributed by atoms with E-state index in [0.717, 1.165) is 5.56 Å². The molecule has 122 valence electrons. The van der Waals surface area contributed by atoms with Crippen molar-refractivity contribution in [3.05, 3.63) is 83.8 Å². The fraction of sp³-hybridized carbons (Fsp3) is 0.111. The maximum atomic E-state index is 12.9. The highest BCUT2D eigenvalue weighted by molar-refractivity contribution is 6.02. The number of hydrogen-bond acceptors (Lipinski definition) is 4. The summed E-state index contributed by atoms with van der Waals surface area (Å²) in [4.78, 5) is 16.3. The van der Waals surface area contributed by atoms with Gasteiger partial charge in [-0.15, -0.1) is 0 Å². The van der Waals surface area contributed by atoms with Crippen molar-refractivity contribution in [2.45, 2.75) is 12.5 Å². The summed E-state index contributed by atoms with van der Waals surface area (Å²) in [6.45, 7) is 0. The van der Waals surface area contributed by atoms with E-state index in [1.807, 2.05) is 30.3 Å². The lowest BCUT2D eigenvalue weighted by Gasteiger charge is -2.07. The first-order chi connectivity index (χ1) is 11.6. The van der Waals surface area contributed by atoms with Gasteiger partial charge in [-0.2, -0.15) is 0 Å². The Morgan fingerprint density at radius 1 is 1.17 bits per heavy atom. The van der Waals surface area contributed by atoms with Crippen molar-refractivity contribution in [1.29, 1.82) is 0 Å². The summed E-state index contributed by atoms with van der Waals surface area (Å²) in [6.07, 6.45) is 1.82. The molecule has 0 aliphatic heterocycles. The van der Waals surface area contributed by atoms with Gasteiger partial charge < -0.3 is 15.5 Å². The van der Waals surface area contributed by atoms with E-state index in [0.29, 0.717) is 18.0 Å². The van der Waals surface area contributed by atoms with Gasteiger partial charge in [-0.3, -0.25) is 4.79 Å². The Balaban J connectivity index is 1.66. The molecule has 1 heterocycles. The summed E-state index contributed by atoms with van der Waals surface area (Å²) < 4.78 is 18.2. The van der Waals surface area contributed by atoms with Gasteiger partial charge in [0.15, 0.2) is 5.69 Å². The molecule has 3 aromatic rings. The van der Waals surface area contributed by atoms with Crippen LogP contribution in [-0.2, 0) is 6.42 Å². The van der Waals surface area contributed by atoms with Gasteiger partial charge in [0.05, 0.1) is 6.04 Å². The van der Waals surface area contributed by atoms with E-state index in [2.05, 4.69) is 10.3 Å². The lowest BCUT2D eigenvalue weighted by atomic mass is 10.1. The van der Waals surface area contributed by atoms with Crippen LogP contribution >= 0.6 is 0 Å². The van der Waals surface area contributed by atoms with Gasteiger partial charge >= 0.3 is 0 Å². The van der Waals surface area contributed by atoms with E-state index in [1.165, 1.54) is 30.5 Å². The highest BCUT2D eigenvalue weighted by Gasteiger charge is 2.17. The van der Waals surface area contributed by atoms with Crippen LogP contribution in [0.2, 0.25) is 0 Å². The summed E-state index contributed by atoms with van der Waals surface area (Å²) in [6, 6.07) is 14.7. The van der Waals surface area contributed by atoms with E-state index in [9.17, 15) is 9.18 Å². The van der Waals surface area contributed by atoms with Crippen LogP contribution in [0.4, 0.5) is 10.1 Å². The molecule has 1 atom stereocenters. The number of rotatable bonds is 5. The number of anilines is 1. The number of amides is 1. The number of oxazole rings is 1. The molecule has 0 radical (unpaired) electrons. The van der Waals surface area contributed by atoms with Gasteiger partial charge in [-0.05, 0) is 36.2 Å². The molecule has 2 aromatic carbocycles. The number of benzene rings is 2. The standard InChI is InChI=1S/C18H16FN3O2/c19-13-6-8-14(9-7-13)21-17(23)16-11-24-18(22-16)15(20)10-12-4-2-1-3-5-12/h1-9,11,15H,10,20H2,(H,21,23). The van der Waals surface area contributed by atoms with E-state index in [4.69, 9.17) is 10.2 Å². The van der Waals surface area contributed by atoms with Gasteiger partial charge in [-0.25, -0.2) is 9.37 Å². The topological polar surface area (TPSA) is 81.1 Å². The maximum Gasteiger partial charge on any atom is 0.277 e. The van der Waals surface area contributed by atoms with Crippen LogP contribution in [0.5, 0.6) is 0 Å². The largest absolute Gasteiger partial charge is 0.446 e. The lowest BCUT2D eigenvalue weighted by molar-refractivity contribution is 0.102. The van der Waals surface area contributed by atoms with Crippen LogP contribution < -0.4 is 11.1 Å². The van der Waals surface area contributed by atoms with Crippen LogP contribution in [0.15, 0.2) is 65.3 Å². The maximum absolute atomic E-state index is 12.9. The molecule has 5 nitrogen and oxygen atoms in total. The summed E-state index contributed by atoms with van der Waals surface area (Å²) in [5.74, 6) is -0.518. The molecular weight excluding hydrogens is 309 g/mol. The third-order valence-electron chi connectivity index (χ3n) is 3.47. The number of halogens is 1. The Bertz CT molecular complexity index is 816. The number of hydrogen-bond donors (Lipinski definition) is 2. The Morgan fingerprint density at radius 2 is 1.88 bits per heavy atom. The van der Waals surface area contributed by atoms with E-state index >= 15 is 0 Å². The number of nitrogens with two attached hydrogens (primary N) is 1. The second kappa shape index (κ2) is 7.06. The second-order valence-corrected chi connectivity index (χ2v) is 5.33. The third-order valence-corrected chi connectivity index (χ3v) is 3.47. The molecule has 6 heteroatoms. The first kappa shape index (κ1) is 15.9. The smallest absolute Gasteiger partial charge is 0.277 e. The summed E-state index contributed by atoms with van der Waals surface area (Å²) in [5, 5.41) is 2.62. The molecule has 0 saturated heterocycles. The van der Waals surface area contributed by atoms with Crippen molar-refractivity contribution in [3.8, 4) is 0 Å². The minimum atomic E-state index is -0.445. The Hall–Kier alpha value is -2.99. The molecule has 24 heavy (non-hydrogen) atoms. The van der Waals surface area contributed by atoms with Crippen molar-refractivity contribution in [2.75, 3.05) is 5.32 Å². The van der Waals surface area contributed by atoms with Gasteiger partial charge in [0.25, 0.3) is 5.91 Å². The van der Waals surface area contributed by atoms with Crippen LogP contribution in [0.25, 0.3) is 0 Å². The second-order valence-electron chi connectivity index (χ2n) is 5.33. The highest BCUT2D eigenvalue weighted by atomic mass is 19.1. The van der Waals surface area contributed by atoms with Crippen LogP contribution in [0.1, 0.15) is 28.0 Å². The molecular formula is C18H16FN3O2. The first-order valence-corrected chi connectivity index (χ1v) is 7.43. The summed E-state index contributed by atoms with van der Waals surface area (Å²) in [7, 11) is 0. The number of carbonyl (C=O) groups is 1. The number of nitrogens with one attached hydrogen (secondary N) is 1. The van der Waals surface area contributed by atoms with Crippen LogP contribution in [0.3, 0.4) is 0 Å². The molecule has 1 unspecified atom stereocenters. The van der Waals surface area contributed by atoms with Gasteiger partial charge in [0.1, 0.15) is 12.1 Å². The Kier molecular flexibility index (Phi) is 4.67. The summed E-state index contributed by atoms with van der Waals surface area (Å²) in [5.41, 5.74) is 7.73. The van der Waals surface area contributed by atoms with E-state index < -0.39 is 11.9 Å². The van der Waals surface area contributed by atoms with Crippen molar-refractivity contribution in [2.24, 2.45) is 5.73 Å². The molecule has 0 bridgehead atoms. The van der Waals surface area contributed by atoms with Gasteiger partial charge in [0, 0.05) is 5.69 Å². The minimum absolute atomic E-state index is 0.123. The molecule has 0 aliphatic rings. The van der Waals surface area contributed by atoms with Crippen molar-refractivity contribution in [1.82, 2.24) is 4.98 Å². The fourth-order valence-electron chi connectivity index (χ4n) is 2.25.